The van der Waals surface area contributed by atoms with Gasteiger partial charge in [-0.15, -0.1) is 0 Å². The predicted octanol–water partition coefficient (Wildman–Crippen LogP) is 4.16. The minimum absolute atomic E-state index is 0.0150. The Morgan fingerprint density at radius 3 is 2.33 bits per heavy atom. The van der Waals surface area contributed by atoms with E-state index in [4.69, 9.17) is 4.98 Å². The summed E-state index contributed by atoms with van der Waals surface area (Å²) in [6.07, 6.45) is 5.61. The largest absolute Gasteiger partial charge is 0.343 e. The quantitative estimate of drug-likeness (QED) is 0.387. The second kappa shape index (κ2) is 10.5. The monoisotopic (exact) mass is 566 g/mol. The Kier molecular flexibility index (Phi) is 6.97. The van der Waals surface area contributed by atoms with Crippen molar-refractivity contribution >= 4 is 34.6 Å². The molecule has 3 aromatic heterocycles. The summed E-state index contributed by atoms with van der Waals surface area (Å²) in [6.45, 7) is 7.98. The predicted molar refractivity (Wildman–Crippen MR) is 164 cm³/mol. The number of carbonyl (C=O) groups excluding carboxylic acids is 2. The van der Waals surface area contributed by atoms with Gasteiger partial charge in [-0.25, -0.2) is 9.97 Å². The number of nitrogens with one attached hydrogen (secondary N) is 1. The van der Waals surface area contributed by atoms with E-state index in [2.05, 4.69) is 48.2 Å². The fourth-order valence-corrected chi connectivity index (χ4v) is 5.86. The molecule has 218 valence electrons. The minimum Gasteiger partial charge on any atom is -0.343 e. The summed E-state index contributed by atoms with van der Waals surface area (Å²) in [5.74, 6) is 0.941. The van der Waals surface area contributed by atoms with Gasteiger partial charge in [0.15, 0.2) is 5.65 Å². The van der Waals surface area contributed by atoms with Gasteiger partial charge in [-0.1, -0.05) is 32.9 Å². The molecule has 2 unspecified atom stereocenters. The van der Waals surface area contributed by atoms with E-state index in [0.29, 0.717) is 40.8 Å². The summed E-state index contributed by atoms with van der Waals surface area (Å²) in [5, 5.41) is 4.33. The second-order valence-corrected chi connectivity index (χ2v) is 12.6. The molecule has 2 saturated heterocycles. The topological polar surface area (TPSA) is 99.5 Å². The van der Waals surface area contributed by atoms with E-state index in [-0.39, 0.29) is 17.2 Å². The lowest BCUT2D eigenvalue weighted by Crippen LogP contribution is -2.53. The smallest absolute Gasteiger partial charge is 0.270 e. The number of nitrogens with zero attached hydrogens (tertiary/aromatic N) is 7. The molecule has 4 aromatic rings. The number of piperazine rings is 1. The van der Waals surface area contributed by atoms with Crippen LogP contribution in [0.2, 0.25) is 0 Å². The average molecular weight is 567 g/mol. The van der Waals surface area contributed by atoms with Crippen LogP contribution in [0.5, 0.6) is 0 Å². The van der Waals surface area contributed by atoms with Crippen LogP contribution in [0.3, 0.4) is 0 Å². The SMILES string of the molecule is CN(C)C(=O)c1cc2cnc(N(C)c3ccc(C(=O)N4CC5CCC(C4)N5)cn3)nc2n1-c1cccc(C(C)(C)C)c1. The molecule has 1 aromatic carbocycles. The number of hydrogen-bond donors (Lipinski definition) is 1. The van der Waals surface area contributed by atoms with Crippen molar-refractivity contribution in [1.29, 1.82) is 0 Å². The maximum atomic E-state index is 13.3. The summed E-state index contributed by atoms with van der Waals surface area (Å²) >= 11 is 0. The van der Waals surface area contributed by atoms with Crippen LogP contribution in [0, 0.1) is 0 Å². The Bertz CT molecular complexity index is 1640. The summed E-state index contributed by atoms with van der Waals surface area (Å²) in [6, 6.07) is 14.5. The van der Waals surface area contributed by atoms with Gasteiger partial charge < -0.3 is 15.1 Å². The highest BCUT2D eigenvalue weighted by Crippen LogP contribution is 2.30. The molecule has 5 heterocycles. The first kappa shape index (κ1) is 27.8. The maximum Gasteiger partial charge on any atom is 0.270 e. The molecule has 0 saturated carbocycles. The van der Waals surface area contributed by atoms with Gasteiger partial charge in [-0.3, -0.25) is 19.1 Å². The molecule has 1 N–H and O–H groups in total. The molecule has 0 radical (unpaired) electrons. The Morgan fingerprint density at radius 2 is 1.69 bits per heavy atom. The molecule has 6 rings (SSSR count). The third-order valence-electron chi connectivity index (χ3n) is 8.27. The van der Waals surface area contributed by atoms with Crippen LogP contribution in [0.1, 0.15) is 60.0 Å². The third-order valence-corrected chi connectivity index (χ3v) is 8.27. The molecule has 0 aliphatic carbocycles. The van der Waals surface area contributed by atoms with E-state index >= 15 is 0 Å². The Balaban J connectivity index is 1.34. The summed E-state index contributed by atoms with van der Waals surface area (Å²) in [7, 11) is 5.33. The van der Waals surface area contributed by atoms with Gasteiger partial charge in [0.05, 0.1) is 5.56 Å². The Morgan fingerprint density at radius 1 is 0.952 bits per heavy atom. The van der Waals surface area contributed by atoms with Crippen LogP contribution in [0.4, 0.5) is 11.8 Å². The second-order valence-electron chi connectivity index (χ2n) is 12.6. The zero-order chi connectivity index (χ0) is 29.8. The van der Waals surface area contributed by atoms with Crippen LogP contribution in [-0.2, 0) is 5.41 Å². The van der Waals surface area contributed by atoms with Crippen molar-refractivity contribution < 1.29 is 9.59 Å². The Labute approximate surface area is 246 Å². The standard InChI is InChI=1S/C32H38N8O2/c1-32(2,3)22-8-7-9-25(15-22)40-26(30(42)37(4)5)14-21-17-34-31(36-28(21)40)38(6)27-13-10-20(16-33-27)29(41)39-18-23-11-12-24(19-39)35-23/h7-10,13-17,23-24,35H,11-12,18-19H2,1-6H3. The number of carbonyl (C=O) groups is 2. The highest BCUT2D eigenvalue weighted by molar-refractivity contribution is 5.99. The normalized spacial score (nSPS) is 18.4. The van der Waals surface area contributed by atoms with Crippen LogP contribution >= 0.6 is 0 Å². The molecule has 10 heteroatoms. The first-order chi connectivity index (χ1) is 20.0. The van der Waals surface area contributed by atoms with Crippen molar-refractivity contribution in [3.8, 4) is 5.69 Å². The number of fused-ring (bicyclic) bond motifs is 3. The van der Waals surface area contributed by atoms with Crippen molar-refractivity contribution in [3.63, 3.8) is 0 Å². The molecular weight excluding hydrogens is 528 g/mol. The number of amides is 2. The molecule has 0 spiro atoms. The lowest BCUT2D eigenvalue weighted by atomic mass is 9.87. The summed E-state index contributed by atoms with van der Waals surface area (Å²) in [4.78, 5) is 45.8. The van der Waals surface area contributed by atoms with Crippen molar-refractivity contribution in [2.45, 2.75) is 51.1 Å². The average Bonchev–Trinajstić information content (AvgIpc) is 3.53. The number of rotatable bonds is 5. The van der Waals surface area contributed by atoms with E-state index in [0.717, 1.165) is 42.6 Å². The zero-order valence-corrected chi connectivity index (χ0v) is 25.1. The lowest BCUT2D eigenvalue weighted by molar-refractivity contribution is 0.0697. The highest BCUT2D eigenvalue weighted by Gasteiger charge is 2.34. The minimum atomic E-state index is -0.122. The number of hydrogen-bond acceptors (Lipinski definition) is 7. The lowest BCUT2D eigenvalue weighted by Gasteiger charge is -2.32. The number of anilines is 2. The molecule has 2 fully saturated rings. The fourth-order valence-electron chi connectivity index (χ4n) is 5.86. The van der Waals surface area contributed by atoms with Gasteiger partial charge in [0, 0.05) is 69.8 Å². The summed E-state index contributed by atoms with van der Waals surface area (Å²) in [5.41, 5.74) is 3.67. The van der Waals surface area contributed by atoms with Crippen LogP contribution < -0.4 is 10.2 Å². The van der Waals surface area contributed by atoms with Crippen molar-refractivity contribution in [1.82, 2.24) is 34.6 Å². The molecule has 2 atom stereocenters. The first-order valence-corrected chi connectivity index (χ1v) is 14.5. The highest BCUT2D eigenvalue weighted by atomic mass is 16.2. The van der Waals surface area contributed by atoms with Gasteiger partial charge in [0.1, 0.15) is 11.5 Å². The van der Waals surface area contributed by atoms with Gasteiger partial charge in [0.25, 0.3) is 11.8 Å². The van der Waals surface area contributed by atoms with Crippen LogP contribution in [0.15, 0.2) is 54.9 Å². The summed E-state index contributed by atoms with van der Waals surface area (Å²) < 4.78 is 1.90. The van der Waals surface area contributed by atoms with Gasteiger partial charge in [-0.05, 0) is 54.2 Å². The molecule has 10 nitrogen and oxygen atoms in total. The van der Waals surface area contributed by atoms with Crippen molar-refractivity contribution in [2.24, 2.45) is 0 Å². The van der Waals surface area contributed by atoms with Crippen LogP contribution in [-0.4, -0.2) is 87.4 Å². The number of aromatic nitrogens is 4. The molecule has 2 amide bonds. The van der Waals surface area contributed by atoms with E-state index in [1.54, 1.807) is 36.3 Å². The molecule has 2 aliphatic heterocycles. The van der Waals surface area contributed by atoms with Gasteiger partial charge in [-0.2, -0.15) is 4.98 Å². The van der Waals surface area contributed by atoms with Gasteiger partial charge in [0.2, 0.25) is 5.95 Å². The number of likely N-dealkylation sites (tertiary alicyclic amines) is 1. The maximum absolute atomic E-state index is 13.3. The van der Waals surface area contributed by atoms with Gasteiger partial charge >= 0.3 is 0 Å². The Hall–Kier alpha value is -4.31. The number of benzene rings is 1. The molecule has 42 heavy (non-hydrogen) atoms. The zero-order valence-electron chi connectivity index (χ0n) is 25.1. The van der Waals surface area contributed by atoms with Crippen molar-refractivity contribution in [3.05, 3.63) is 71.7 Å². The van der Waals surface area contributed by atoms with Crippen molar-refractivity contribution in [2.75, 3.05) is 39.1 Å². The van der Waals surface area contributed by atoms with E-state index in [1.807, 2.05) is 46.8 Å². The molecule has 2 bridgehead atoms. The van der Waals surface area contributed by atoms with E-state index < -0.39 is 0 Å². The van der Waals surface area contributed by atoms with Crippen LogP contribution in [0.25, 0.3) is 16.7 Å². The van der Waals surface area contributed by atoms with E-state index in [9.17, 15) is 9.59 Å². The van der Waals surface area contributed by atoms with E-state index in [1.165, 1.54) is 0 Å². The fraction of sp³-hybridized carbons (Fsp3) is 0.406. The number of pyridine rings is 1. The molecular formula is C32H38N8O2. The third kappa shape index (κ3) is 5.11. The first-order valence-electron chi connectivity index (χ1n) is 14.5. The molecule has 2 aliphatic rings.